The van der Waals surface area contributed by atoms with Gasteiger partial charge >= 0.3 is 0 Å². The fraction of sp³-hybridized carbons (Fsp3) is 0.909. The SMILES string of the molecule is CN(C)C(C)(C)C(=O)CC(C)(C)C. The van der Waals surface area contributed by atoms with Gasteiger partial charge in [-0.3, -0.25) is 9.69 Å². The second-order valence-corrected chi connectivity index (χ2v) is 5.61. The summed E-state index contributed by atoms with van der Waals surface area (Å²) in [5.74, 6) is 0.310. The molecule has 0 spiro atoms. The lowest BCUT2D eigenvalue weighted by Crippen LogP contribution is -2.46. The maximum atomic E-state index is 11.9. The summed E-state index contributed by atoms with van der Waals surface area (Å²) in [4.78, 5) is 13.9. The molecule has 0 rings (SSSR count). The first kappa shape index (κ1) is 12.6. The summed E-state index contributed by atoms with van der Waals surface area (Å²) in [6, 6.07) is 0. The summed E-state index contributed by atoms with van der Waals surface area (Å²) in [5, 5.41) is 0. The number of rotatable bonds is 3. The highest BCUT2D eigenvalue weighted by molar-refractivity contribution is 5.87. The van der Waals surface area contributed by atoms with Crippen LogP contribution in [0.4, 0.5) is 0 Å². The van der Waals surface area contributed by atoms with Crippen molar-refractivity contribution in [3.05, 3.63) is 0 Å². The van der Waals surface area contributed by atoms with Gasteiger partial charge in [0.1, 0.15) is 0 Å². The number of hydrogen-bond acceptors (Lipinski definition) is 2. The molecular weight excluding hydrogens is 162 g/mol. The van der Waals surface area contributed by atoms with E-state index in [2.05, 4.69) is 20.8 Å². The molecule has 0 N–H and O–H groups in total. The molecule has 2 nitrogen and oxygen atoms in total. The van der Waals surface area contributed by atoms with E-state index < -0.39 is 0 Å². The van der Waals surface area contributed by atoms with Crippen molar-refractivity contribution in [1.82, 2.24) is 4.90 Å². The first-order chi connectivity index (χ1) is 5.57. The van der Waals surface area contributed by atoms with Gasteiger partial charge in [0.25, 0.3) is 0 Å². The Bertz CT molecular complexity index is 187. The lowest BCUT2D eigenvalue weighted by Gasteiger charge is -2.33. The van der Waals surface area contributed by atoms with Gasteiger partial charge in [0, 0.05) is 6.42 Å². The molecule has 13 heavy (non-hydrogen) atoms. The third-order valence-electron chi connectivity index (χ3n) is 2.49. The predicted molar refractivity (Wildman–Crippen MR) is 56.8 cm³/mol. The smallest absolute Gasteiger partial charge is 0.153 e. The fourth-order valence-electron chi connectivity index (χ4n) is 0.947. The molecular formula is C11H23NO. The van der Waals surface area contributed by atoms with E-state index in [0.717, 1.165) is 0 Å². The van der Waals surface area contributed by atoms with E-state index in [0.29, 0.717) is 12.2 Å². The molecule has 0 aromatic heterocycles. The number of likely N-dealkylation sites (N-methyl/N-ethyl adjacent to an activating group) is 1. The summed E-state index contributed by atoms with van der Waals surface area (Å²) in [7, 11) is 3.89. The van der Waals surface area contributed by atoms with Gasteiger partial charge in [-0.15, -0.1) is 0 Å². The second kappa shape index (κ2) is 3.79. The number of Topliss-reactive ketones (excluding diaryl/α,β-unsaturated/α-hetero) is 1. The molecule has 0 aromatic rings. The summed E-state index contributed by atoms with van der Waals surface area (Å²) < 4.78 is 0. The van der Waals surface area contributed by atoms with Crippen LogP contribution >= 0.6 is 0 Å². The molecule has 0 aliphatic carbocycles. The van der Waals surface area contributed by atoms with Crippen LogP contribution in [0.15, 0.2) is 0 Å². The van der Waals surface area contributed by atoms with E-state index in [1.807, 2.05) is 32.8 Å². The Morgan fingerprint density at radius 2 is 1.46 bits per heavy atom. The third-order valence-corrected chi connectivity index (χ3v) is 2.49. The van der Waals surface area contributed by atoms with Crippen LogP contribution in [0.1, 0.15) is 41.0 Å². The van der Waals surface area contributed by atoms with Gasteiger partial charge in [-0.2, -0.15) is 0 Å². The lowest BCUT2D eigenvalue weighted by molar-refractivity contribution is -0.129. The molecule has 78 valence electrons. The van der Waals surface area contributed by atoms with Crippen molar-refractivity contribution < 1.29 is 4.79 Å². The molecule has 0 fully saturated rings. The molecule has 0 aromatic carbocycles. The number of carbonyl (C=O) groups excluding carboxylic acids is 1. The highest BCUT2D eigenvalue weighted by atomic mass is 16.1. The van der Waals surface area contributed by atoms with Gasteiger partial charge in [0.2, 0.25) is 0 Å². The average Bonchev–Trinajstić information content (AvgIpc) is 1.82. The van der Waals surface area contributed by atoms with E-state index in [1.165, 1.54) is 0 Å². The van der Waals surface area contributed by atoms with Crippen molar-refractivity contribution in [2.45, 2.75) is 46.6 Å². The van der Waals surface area contributed by atoms with Crippen LogP contribution in [0, 0.1) is 5.41 Å². The largest absolute Gasteiger partial charge is 0.298 e. The molecule has 0 bridgehead atoms. The van der Waals surface area contributed by atoms with Crippen LogP contribution in [0.5, 0.6) is 0 Å². The quantitative estimate of drug-likeness (QED) is 0.672. The Morgan fingerprint density at radius 3 is 1.69 bits per heavy atom. The highest BCUT2D eigenvalue weighted by Crippen LogP contribution is 2.24. The van der Waals surface area contributed by atoms with Crippen molar-refractivity contribution in [2.24, 2.45) is 5.41 Å². The van der Waals surface area contributed by atoms with Gasteiger partial charge < -0.3 is 0 Å². The number of hydrogen-bond donors (Lipinski definition) is 0. The summed E-state index contributed by atoms with van der Waals surface area (Å²) in [6.07, 6.45) is 0.637. The van der Waals surface area contributed by atoms with Crippen LogP contribution in [-0.2, 0) is 4.79 Å². The number of carbonyl (C=O) groups is 1. The second-order valence-electron chi connectivity index (χ2n) is 5.61. The van der Waals surface area contributed by atoms with Crippen molar-refractivity contribution in [3.8, 4) is 0 Å². The molecule has 0 aliphatic rings. The van der Waals surface area contributed by atoms with Crippen LogP contribution in [0.2, 0.25) is 0 Å². The Kier molecular flexibility index (Phi) is 3.68. The zero-order chi connectivity index (χ0) is 10.9. The fourth-order valence-corrected chi connectivity index (χ4v) is 0.947. The van der Waals surface area contributed by atoms with E-state index >= 15 is 0 Å². The molecule has 0 saturated heterocycles. The van der Waals surface area contributed by atoms with Crippen LogP contribution < -0.4 is 0 Å². The van der Waals surface area contributed by atoms with Crippen molar-refractivity contribution in [3.63, 3.8) is 0 Å². The Morgan fingerprint density at radius 1 is 1.08 bits per heavy atom. The summed E-state index contributed by atoms with van der Waals surface area (Å²) >= 11 is 0. The Balaban J connectivity index is 4.44. The van der Waals surface area contributed by atoms with Crippen LogP contribution in [0.3, 0.4) is 0 Å². The van der Waals surface area contributed by atoms with Crippen LogP contribution in [0.25, 0.3) is 0 Å². The minimum absolute atomic E-state index is 0.0877. The number of ketones is 1. The van der Waals surface area contributed by atoms with Crippen molar-refractivity contribution in [1.29, 1.82) is 0 Å². The topological polar surface area (TPSA) is 20.3 Å². The van der Waals surface area contributed by atoms with E-state index in [-0.39, 0.29) is 11.0 Å². The van der Waals surface area contributed by atoms with E-state index in [9.17, 15) is 4.79 Å². The monoisotopic (exact) mass is 185 g/mol. The average molecular weight is 185 g/mol. The molecule has 0 heterocycles. The number of nitrogens with zero attached hydrogens (tertiary/aromatic N) is 1. The van der Waals surface area contributed by atoms with Crippen molar-refractivity contribution in [2.75, 3.05) is 14.1 Å². The van der Waals surface area contributed by atoms with Crippen molar-refractivity contribution >= 4 is 5.78 Å². The zero-order valence-electron chi connectivity index (χ0n) is 10.1. The first-order valence-corrected chi connectivity index (χ1v) is 4.78. The molecule has 0 unspecified atom stereocenters. The van der Waals surface area contributed by atoms with Gasteiger partial charge in [0.15, 0.2) is 5.78 Å². The third kappa shape index (κ3) is 3.90. The molecule has 0 radical (unpaired) electrons. The summed E-state index contributed by atoms with van der Waals surface area (Å²) in [6.45, 7) is 10.2. The van der Waals surface area contributed by atoms with Gasteiger partial charge in [-0.05, 0) is 33.4 Å². The summed E-state index contributed by atoms with van der Waals surface area (Å²) in [5.41, 5.74) is -0.252. The van der Waals surface area contributed by atoms with E-state index in [4.69, 9.17) is 0 Å². The van der Waals surface area contributed by atoms with Gasteiger partial charge in [-0.1, -0.05) is 20.8 Å². The van der Waals surface area contributed by atoms with Crippen LogP contribution in [-0.4, -0.2) is 30.3 Å². The highest BCUT2D eigenvalue weighted by Gasteiger charge is 2.32. The maximum Gasteiger partial charge on any atom is 0.153 e. The normalized spacial score (nSPS) is 13.5. The van der Waals surface area contributed by atoms with Gasteiger partial charge in [0.05, 0.1) is 5.54 Å². The Hall–Kier alpha value is -0.370. The minimum atomic E-state index is -0.340. The molecule has 0 amide bonds. The molecule has 0 aliphatic heterocycles. The Labute approximate surface area is 82.3 Å². The van der Waals surface area contributed by atoms with E-state index in [1.54, 1.807) is 0 Å². The minimum Gasteiger partial charge on any atom is -0.298 e. The van der Waals surface area contributed by atoms with Gasteiger partial charge in [-0.25, -0.2) is 0 Å². The maximum absolute atomic E-state index is 11.9. The predicted octanol–water partition coefficient (Wildman–Crippen LogP) is 2.33. The molecule has 0 atom stereocenters. The molecule has 0 saturated carbocycles. The molecule has 2 heteroatoms. The zero-order valence-corrected chi connectivity index (χ0v) is 10.1. The lowest BCUT2D eigenvalue weighted by atomic mass is 9.83. The first-order valence-electron chi connectivity index (χ1n) is 4.78. The standard InChI is InChI=1S/C11H23NO/c1-10(2,3)8-9(13)11(4,5)12(6)7/h8H2,1-7H3.